The third kappa shape index (κ3) is 5.92. The fourth-order valence-corrected chi connectivity index (χ4v) is 3.00. The molecule has 148 valence electrons. The van der Waals surface area contributed by atoms with Crippen molar-refractivity contribution in [2.75, 3.05) is 18.5 Å². The number of aliphatic hydroxyl groups is 1. The van der Waals surface area contributed by atoms with Gasteiger partial charge in [-0.25, -0.2) is 4.79 Å². The van der Waals surface area contributed by atoms with Gasteiger partial charge in [-0.05, 0) is 25.8 Å². The zero-order valence-corrected chi connectivity index (χ0v) is 15.3. The Morgan fingerprint density at radius 1 is 1.33 bits per heavy atom. The molecule has 1 aromatic carbocycles. The minimum Gasteiger partial charge on any atom is -0.449 e. The molecular weight excluding hydrogens is 354 g/mol. The predicted molar refractivity (Wildman–Crippen MR) is 98.6 cm³/mol. The molecule has 1 amide bonds. The lowest BCUT2D eigenvalue weighted by Gasteiger charge is -2.24. The molecule has 1 saturated carbocycles. The second-order valence-corrected chi connectivity index (χ2v) is 6.53. The molecule has 0 spiro atoms. The monoisotopic (exact) mass is 379 g/mol. The van der Waals surface area contributed by atoms with E-state index in [2.05, 4.69) is 10.6 Å². The van der Waals surface area contributed by atoms with Crippen LogP contribution in [0.2, 0.25) is 0 Å². The Kier molecular flexibility index (Phi) is 7.54. The van der Waals surface area contributed by atoms with E-state index in [1.807, 2.05) is 0 Å². The molecule has 9 heteroatoms. The van der Waals surface area contributed by atoms with Crippen molar-refractivity contribution in [2.45, 2.75) is 51.2 Å². The van der Waals surface area contributed by atoms with Crippen LogP contribution < -0.4 is 10.6 Å². The maximum Gasteiger partial charge on any atom is 0.341 e. The summed E-state index contributed by atoms with van der Waals surface area (Å²) in [4.78, 5) is 35.1. The summed E-state index contributed by atoms with van der Waals surface area (Å²) in [6, 6.07) is 3.80. The summed E-state index contributed by atoms with van der Waals surface area (Å²) in [7, 11) is 0. The van der Waals surface area contributed by atoms with E-state index >= 15 is 0 Å². The first-order valence-electron chi connectivity index (χ1n) is 9.07. The lowest BCUT2D eigenvalue weighted by molar-refractivity contribution is -0.384. The molecule has 0 aromatic heterocycles. The van der Waals surface area contributed by atoms with Gasteiger partial charge in [-0.15, -0.1) is 0 Å². The summed E-state index contributed by atoms with van der Waals surface area (Å²) in [5.41, 5.74) is -0.0367. The molecule has 0 unspecified atom stereocenters. The maximum atomic E-state index is 12.5. The molecule has 3 N–H and O–H groups in total. The third-order valence-corrected chi connectivity index (χ3v) is 4.47. The number of amides is 1. The van der Waals surface area contributed by atoms with Gasteiger partial charge in [-0.3, -0.25) is 14.9 Å². The van der Waals surface area contributed by atoms with E-state index in [0.29, 0.717) is 5.69 Å². The minimum atomic E-state index is -1.02. The van der Waals surface area contributed by atoms with Crippen LogP contribution >= 0.6 is 0 Å². The smallest absolute Gasteiger partial charge is 0.341 e. The molecular formula is C18H25N3O6. The number of nitrogens with zero attached hydrogens (tertiary/aromatic N) is 1. The summed E-state index contributed by atoms with van der Waals surface area (Å²) in [5, 5.41) is 25.6. The average Bonchev–Trinajstić information content (AvgIpc) is 2.66. The first-order valence-corrected chi connectivity index (χ1v) is 9.07. The number of benzene rings is 1. The van der Waals surface area contributed by atoms with Crippen LogP contribution in [0.5, 0.6) is 0 Å². The highest BCUT2D eigenvalue weighted by Gasteiger charge is 2.25. The Bertz CT molecular complexity index is 688. The van der Waals surface area contributed by atoms with Gasteiger partial charge in [0, 0.05) is 30.4 Å². The molecule has 9 nitrogen and oxygen atoms in total. The Morgan fingerprint density at radius 3 is 2.67 bits per heavy atom. The van der Waals surface area contributed by atoms with E-state index in [9.17, 15) is 19.7 Å². The number of anilines is 1. The van der Waals surface area contributed by atoms with Crippen LogP contribution in [0.1, 0.15) is 49.4 Å². The number of nitrogens with one attached hydrogen (secondary N) is 2. The summed E-state index contributed by atoms with van der Waals surface area (Å²) in [5.74, 6) is -1.23. The number of carbonyl (C=O) groups excluding carboxylic acids is 2. The third-order valence-electron chi connectivity index (χ3n) is 4.47. The van der Waals surface area contributed by atoms with Gasteiger partial charge >= 0.3 is 5.97 Å². The SMILES string of the molecule is C[C@@H](OC(=O)c1cc([N+](=O)[O-])ccc1NCCO)C(=O)NC1CCCCC1. The molecule has 0 radical (unpaired) electrons. The number of nitro benzene ring substituents is 1. The quantitative estimate of drug-likeness (QED) is 0.358. The normalized spacial score (nSPS) is 15.6. The summed E-state index contributed by atoms with van der Waals surface area (Å²) in [6.45, 7) is 1.45. The van der Waals surface area contributed by atoms with Crippen LogP contribution in [-0.2, 0) is 9.53 Å². The topological polar surface area (TPSA) is 131 Å². The number of esters is 1. The summed E-state index contributed by atoms with van der Waals surface area (Å²) in [6.07, 6.45) is 4.08. The van der Waals surface area contributed by atoms with Gasteiger partial charge in [0.2, 0.25) is 0 Å². The number of nitro groups is 1. The molecule has 1 aliphatic carbocycles. The molecule has 27 heavy (non-hydrogen) atoms. The highest BCUT2D eigenvalue weighted by atomic mass is 16.6. The number of rotatable bonds is 8. The van der Waals surface area contributed by atoms with Crippen LogP contribution in [0.25, 0.3) is 0 Å². The van der Waals surface area contributed by atoms with Gasteiger partial charge < -0.3 is 20.5 Å². The van der Waals surface area contributed by atoms with Gasteiger partial charge in [-0.1, -0.05) is 19.3 Å². The van der Waals surface area contributed by atoms with Crippen molar-refractivity contribution in [2.24, 2.45) is 0 Å². The van der Waals surface area contributed by atoms with Crippen LogP contribution in [-0.4, -0.2) is 47.2 Å². The number of non-ortho nitro benzene ring substituents is 1. The van der Waals surface area contributed by atoms with Gasteiger partial charge in [0.05, 0.1) is 17.1 Å². The van der Waals surface area contributed by atoms with Crippen LogP contribution in [0.4, 0.5) is 11.4 Å². The number of hydrogen-bond donors (Lipinski definition) is 3. The molecule has 1 aliphatic rings. The van der Waals surface area contributed by atoms with E-state index in [4.69, 9.17) is 9.84 Å². The fraction of sp³-hybridized carbons (Fsp3) is 0.556. The van der Waals surface area contributed by atoms with Crippen molar-refractivity contribution in [1.29, 1.82) is 0 Å². The molecule has 2 rings (SSSR count). The first kappa shape index (κ1) is 20.6. The Morgan fingerprint density at radius 2 is 2.04 bits per heavy atom. The van der Waals surface area contributed by atoms with Crippen LogP contribution in [0.3, 0.4) is 0 Å². The minimum absolute atomic E-state index is 0.0602. The molecule has 0 saturated heterocycles. The van der Waals surface area contributed by atoms with Gasteiger partial charge in [0.15, 0.2) is 6.10 Å². The van der Waals surface area contributed by atoms with E-state index in [1.54, 1.807) is 0 Å². The summed E-state index contributed by atoms with van der Waals surface area (Å²) < 4.78 is 5.22. The first-order chi connectivity index (χ1) is 12.9. The molecule has 0 bridgehead atoms. The number of aliphatic hydroxyl groups excluding tert-OH is 1. The van der Waals surface area contributed by atoms with Gasteiger partial charge in [0.25, 0.3) is 11.6 Å². The number of ether oxygens (including phenoxy) is 1. The predicted octanol–water partition coefficient (Wildman–Crippen LogP) is 1.99. The maximum absolute atomic E-state index is 12.5. The van der Waals surface area contributed by atoms with Gasteiger partial charge in [-0.2, -0.15) is 0 Å². The lowest BCUT2D eigenvalue weighted by atomic mass is 9.95. The fourth-order valence-electron chi connectivity index (χ4n) is 3.00. The lowest BCUT2D eigenvalue weighted by Crippen LogP contribution is -2.42. The largest absolute Gasteiger partial charge is 0.449 e. The number of carbonyl (C=O) groups is 2. The second-order valence-electron chi connectivity index (χ2n) is 6.53. The average molecular weight is 379 g/mol. The van der Waals surface area contributed by atoms with E-state index in [1.165, 1.54) is 19.1 Å². The van der Waals surface area contributed by atoms with Crippen molar-refractivity contribution in [3.8, 4) is 0 Å². The van der Waals surface area contributed by atoms with Crippen molar-refractivity contribution >= 4 is 23.3 Å². The molecule has 0 heterocycles. The van der Waals surface area contributed by atoms with Crippen molar-refractivity contribution < 1.29 is 24.4 Å². The molecule has 1 fully saturated rings. The Balaban J connectivity index is 2.06. The van der Waals surface area contributed by atoms with Crippen molar-refractivity contribution in [1.82, 2.24) is 5.32 Å². The molecule has 1 atom stereocenters. The van der Waals surface area contributed by atoms with Crippen molar-refractivity contribution in [3.63, 3.8) is 0 Å². The highest BCUT2D eigenvalue weighted by Crippen LogP contribution is 2.23. The number of hydrogen-bond acceptors (Lipinski definition) is 7. The zero-order chi connectivity index (χ0) is 19.8. The van der Waals surface area contributed by atoms with E-state index in [-0.39, 0.29) is 36.4 Å². The van der Waals surface area contributed by atoms with Crippen LogP contribution in [0.15, 0.2) is 18.2 Å². The second kappa shape index (κ2) is 9.86. The zero-order valence-electron chi connectivity index (χ0n) is 15.3. The van der Waals surface area contributed by atoms with Gasteiger partial charge in [0.1, 0.15) is 0 Å². The van der Waals surface area contributed by atoms with Crippen molar-refractivity contribution in [3.05, 3.63) is 33.9 Å². The summed E-state index contributed by atoms with van der Waals surface area (Å²) >= 11 is 0. The standard InChI is InChI=1S/C18H25N3O6/c1-12(17(23)20-13-5-3-2-4-6-13)27-18(24)15-11-14(21(25)26)7-8-16(15)19-9-10-22/h7-8,11-13,19,22H,2-6,9-10H2,1H3,(H,20,23)/t12-/m1/s1. The molecule has 0 aliphatic heterocycles. The Hall–Kier alpha value is -2.68. The molecule has 1 aromatic rings. The van der Waals surface area contributed by atoms with E-state index < -0.39 is 17.0 Å². The van der Waals surface area contributed by atoms with Crippen LogP contribution in [0, 0.1) is 10.1 Å². The highest BCUT2D eigenvalue weighted by molar-refractivity contribution is 5.98. The Labute approximate surface area is 157 Å². The van der Waals surface area contributed by atoms with E-state index in [0.717, 1.165) is 38.2 Å².